The number of alkyl halides is 2. The molecule has 0 aliphatic carbocycles. The van der Waals surface area contributed by atoms with E-state index < -0.39 is 24.3 Å². The van der Waals surface area contributed by atoms with Gasteiger partial charge in [-0.1, -0.05) is 12.1 Å². The summed E-state index contributed by atoms with van der Waals surface area (Å²) in [6.45, 7) is -1.43. The van der Waals surface area contributed by atoms with Crippen LogP contribution in [0, 0.1) is 11.3 Å². The number of rotatable bonds is 3. The summed E-state index contributed by atoms with van der Waals surface area (Å²) >= 11 is 0. The second-order valence-electron chi connectivity index (χ2n) is 3.25. The number of phenolic OH excluding ortho intramolecular Hbond substituents is 1. The predicted molar refractivity (Wildman–Crippen MR) is 51.8 cm³/mol. The first-order chi connectivity index (χ1) is 7.44. The monoisotopic (exact) mass is 228 g/mol. The van der Waals surface area contributed by atoms with Gasteiger partial charge in [0, 0.05) is 5.56 Å². The maximum Gasteiger partial charge on any atom is 0.289 e. The van der Waals surface area contributed by atoms with Crippen LogP contribution >= 0.6 is 0 Å². The summed E-state index contributed by atoms with van der Waals surface area (Å²) in [5, 5.41) is 26.6. The van der Waals surface area contributed by atoms with Gasteiger partial charge >= 0.3 is 0 Å². The van der Waals surface area contributed by atoms with Gasteiger partial charge in [0.1, 0.15) is 24.5 Å². The molecule has 0 spiro atoms. The van der Waals surface area contributed by atoms with E-state index in [0.717, 1.165) is 0 Å². The molecule has 0 saturated heterocycles. The van der Waals surface area contributed by atoms with Crippen LogP contribution in [0.4, 0.5) is 8.78 Å². The third-order valence-electron chi connectivity index (χ3n) is 2.19. The lowest BCUT2D eigenvalue weighted by molar-refractivity contribution is -0.0715. The number of benzene rings is 1. The fraction of sp³-hybridized carbons (Fsp3) is 0.300. The average Bonchev–Trinajstić information content (AvgIpc) is 2.28. The van der Waals surface area contributed by atoms with E-state index in [0.29, 0.717) is 0 Å². The maximum absolute atomic E-state index is 13.1. The van der Waals surface area contributed by atoms with Gasteiger partial charge in [-0.2, -0.15) is 5.26 Å². The molecule has 4 N–H and O–H groups in total. The Kier molecular flexibility index (Phi) is 3.42. The second kappa shape index (κ2) is 4.43. The fourth-order valence-electron chi connectivity index (χ4n) is 1.23. The second-order valence-corrected chi connectivity index (χ2v) is 3.25. The Balaban J connectivity index is 3.20. The molecule has 1 atom stereocenters. The van der Waals surface area contributed by atoms with E-state index in [1.807, 2.05) is 0 Å². The third-order valence-corrected chi connectivity index (χ3v) is 2.19. The molecular formula is C10H10F2N2O2. The van der Waals surface area contributed by atoms with Gasteiger partial charge in [0.05, 0.1) is 5.56 Å². The minimum Gasteiger partial charge on any atom is -0.506 e. The number of aliphatic hydroxyl groups excluding tert-OH is 1. The Bertz CT molecular complexity index is 429. The summed E-state index contributed by atoms with van der Waals surface area (Å²) in [5.41, 5.74) is 4.83. The van der Waals surface area contributed by atoms with Gasteiger partial charge in [-0.15, -0.1) is 0 Å². The number of halogens is 2. The van der Waals surface area contributed by atoms with Gasteiger partial charge in [-0.25, -0.2) is 8.78 Å². The molecule has 0 amide bonds. The van der Waals surface area contributed by atoms with E-state index in [4.69, 9.17) is 16.1 Å². The molecule has 6 heteroatoms. The van der Waals surface area contributed by atoms with Crippen LogP contribution in [0.25, 0.3) is 0 Å². The predicted octanol–water partition coefficient (Wildman–Crippen LogP) is 0.891. The summed E-state index contributed by atoms with van der Waals surface area (Å²) in [5.74, 6) is -4.13. The maximum atomic E-state index is 13.1. The number of nitriles is 1. The number of hydrogen-bond donors (Lipinski definition) is 3. The number of phenols is 1. The van der Waals surface area contributed by atoms with Crippen LogP contribution in [0.2, 0.25) is 0 Å². The summed E-state index contributed by atoms with van der Waals surface area (Å²) in [6, 6.07) is 3.59. The highest BCUT2D eigenvalue weighted by Gasteiger charge is 2.38. The molecule has 0 fully saturated rings. The number of aromatic hydroxyl groups is 1. The normalized spacial score (nSPS) is 13.2. The van der Waals surface area contributed by atoms with Gasteiger partial charge in [0.2, 0.25) is 0 Å². The first-order valence-corrected chi connectivity index (χ1v) is 4.40. The fourth-order valence-corrected chi connectivity index (χ4v) is 1.23. The molecule has 0 saturated carbocycles. The first-order valence-electron chi connectivity index (χ1n) is 4.40. The summed E-state index contributed by atoms with van der Waals surface area (Å²) in [4.78, 5) is 0. The van der Waals surface area contributed by atoms with Crippen LogP contribution in [0.3, 0.4) is 0 Å². The van der Waals surface area contributed by atoms with Gasteiger partial charge in [0.25, 0.3) is 5.92 Å². The minimum absolute atomic E-state index is 0.137. The van der Waals surface area contributed by atoms with Crippen molar-refractivity contribution in [3.05, 3.63) is 29.3 Å². The zero-order valence-electron chi connectivity index (χ0n) is 8.19. The summed E-state index contributed by atoms with van der Waals surface area (Å²) in [6.07, 6.45) is 0. The number of nitrogens with zero attached hydrogens (tertiary/aromatic N) is 1. The highest BCUT2D eigenvalue weighted by atomic mass is 19.3. The van der Waals surface area contributed by atoms with Crippen molar-refractivity contribution in [1.29, 1.82) is 5.26 Å². The molecule has 1 aromatic carbocycles. The molecule has 16 heavy (non-hydrogen) atoms. The molecule has 0 heterocycles. The van der Waals surface area contributed by atoms with Crippen molar-refractivity contribution in [2.24, 2.45) is 5.73 Å². The van der Waals surface area contributed by atoms with Gasteiger partial charge in [-0.3, -0.25) is 0 Å². The molecule has 0 aromatic heterocycles. The topological polar surface area (TPSA) is 90.3 Å². The van der Waals surface area contributed by atoms with Crippen molar-refractivity contribution >= 4 is 0 Å². The molecule has 4 nitrogen and oxygen atoms in total. The number of hydrogen-bond acceptors (Lipinski definition) is 4. The molecule has 0 bridgehead atoms. The molecule has 0 aliphatic heterocycles. The Hall–Kier alpha value is -1.71. The molecule has 86 valence electrons. The van der Waals surface area contributed by atoms with Crippen LogP contribution in [0.15, 0.2) is 18.2 Å². The SMILES string of the molecule is N#Cc1cccc([C@@H](N)C(F)(F)CO)c1O. The van der Waals surface area contributed by atoms with E-state index in [2.05, 4.69) is 0 Å². The molecule has 0 radical (unpaired) electrons. The van der Waals surface area contributed by atoms with E-state index >= 15 is 0 Å². The number of aliphatic hydroxyl groups is 1. The number of nitrogens with two attached hydrogens (primary N) is 1. The van der Waals surface area contributed by atoms with Crippen molar-refractivity contribution in [2.75, 3.05) is 6.61 Å². The largest absolute Gasteiger partial charge is 0.506 e. The smallest absolute Gasteiger partial charge is 0.289 e. The van der Waals surface area contributed by atoms with Gasteiger partial charge in [-0.05, 0) is 6.07 Å². The van der Waals surface area contributed by atoms with E-state index in [9.17, 15) is 13.9 Å². The lowest BCUT2D eigenvalue weighted by atomic mass is 9.98. The van der Waals surface area contributed by atoms with Crippen LogP contribution in [-0.4, -0.2) is 22.7 Å². The zero-order valence-corrected chi connectivity index (χ0v) is 8.19. The molecule has 0 unspecified atom stereocenters. The Labute approximate surface area is 90.5 Å². The lowest BCUT2D eigenvalue weighted by Gasteiger charge is -2.22. The van der Waals surface area contributed by atoms with Crippen LogP contribution in [0.1, 0.15) is 17.2 Å². The Morgan fingerprint density at radius 3 is 2.62 bits per heavy atom. The molecule has 1 aromatic rings. The number of para-hydroxylation sites is 1. The van der Waals surface area contributed by atoms with Crippen molar-refractivity contribution in [2.45, 2.75) is 12.0 Å². The van der Waals surface area contributed by atoms with E-state index in [1.165, 1.54) is 18.2 Å². The highest BCUT2D eigenvalue weighted by molar-refractivity contribution is 5.49. The quantitative estimate of drug-likeness (QED) is 0.716. The van der Waals surface area contributed by atoms with Crippen molar-refractivity contribution in [3.63, 3.8) is 0 Å². The standard InChI is InChI=1S/C10H10F2N2O2/c11-10(12,5-15)9(14)7-3-1-2-6(4-13)8(7)16/h1-3,9,15-16H,5,14H2/t9-/m1/s1. The summed E-state index contributed by atoms with van der Waals surface area (Å²) in [7, 11) is 0. The molecule has 0 aliphatic rings. The van der Waals surface area contributed by atoms with E-state index in [1.54, 1.807) is 6.07 Å². The molecule has 1 rings (SSSR count). The lowest BCUT2D eigenvalue weighted by Crippen LogP contribution is -2.36. The highest BCUT2D eigenvalue weighted by Crippen LogP contribution is 2.35. The Morgan fingerprint density at radius 1 is 1.50 bits per heavy atom. The van der Waals surface area contributed by atoms with Crippen molar-refractivity contribution < 1.29 is 19.0 Å². The third kappa shape index (κ3) is 2.10. The van der Waals surface area contributed by atoms with Crippen molar-refractivity contribution in [1.82, 2.24) is 0 Å². The minimum atomic E-state index is -3.55. The first kappa shape index (κ1) is 12.4. The molecular weight excluding hydrogens is 218 g/mol. The Morgan fingerprint density at radius 2 is 2.12 bits per heavy atom. The van der Waals surface area contributed by atoms with Gasteiger partial charge < -0.3 is 15.9 Å². The van der Waals surface area contributed by atoms with Crippen LogP contribution in [-0.2, 0) is 0 Å². The average molecular weight is 228 g/mol. The van der Waals surface area contributed by atoms with Crippen molar-refractivity contribution in [3.8, 4) is 11.8 Å². The van der Waals surface area contributed by atoms with Crippen LogP contribution in [0.5, 0.6) is 5.75 Å². The zero-order chi connectivity index (χ0) is 12.3. The van der Waals surface area contributed by atoms with Gasteiger partial charge in [0.15, 0.2) is 0 Å². The van der Waals surface area contributed by atoms with Crippen LogP contribution < -0.4 is 5.73 Å². The van der Waals surface area contributed by atoms with E-state index in [-0.39, 0.29) is 11.1 Å². The summed E-state index contributed by atoms with van der Waals surface area (Å²) < 4.78 is 26.2.